The zero-order valence-electron chi connectivity index (χ0n) is 9.96. The summed E-state index contributed by atoms with van der Waals surface area (Å²) in [7, 11) is 4.26. The summed E-state index contributed by atoms with van der Waals surface area (Å²) >= 11 is 0. The van der Waals surface area contributed by atoms with Gasteiger partial charge in [0.2, 0.25) is 0 Å². The smallest absolute Gasteiger partial charge is 0.0483 e. The zero-order valence-corrected chi connectivity index (χ0v) is 9.96. The van der Waals surface area contributed by atoms with Crippen molar-refractivity contribution in [2.75, 3.05) is 7.05 Å². The normalized spacial score (nSPS) is 20.0. The summed E-state index contributed by atoms with van der Waals surface area (Å²) in [4.78, 5) is 0. The second-order valence-corrected chi connectivity index (χ2v) is 4.67. The van der Waals surface area contributed by atoms with Crippen LogP contribution in [-0.2, 0) is 13.5 Å². The van der Waals surface area contributed by atoms with Gasteiger partial charge < -0.3 is 9.88 Å². The number of hydrogen-bond donors (Lipinski definition) is 1. The average Bonchev–Trinajstić information content (AvgIpc) is 2.64. The van der Waals surface area contributed by atoms with E-state index in [1.54, 1.807) is 0 Å². The number of nitrogens with one attached hydrogen (secondary N) is 1. The molecule has 84 valence electrons. The van der Waals surface area contributed by atoms with E-state index in [-0.39, 0.29) is 0 Å². The fraction of sp³-hybridized carbons (Fsp3) is 0.429. The van der Waals surface area contributed by atoms with Crippen LogP contribution in [0, 0.1) is 0 Å². The van der Waals surface area contributed by atoms with Crippen molar-refractivity contribution in [1.82, 2.24) is 9.88 Å². The first-order chi connectivity index (χ1) is 7.83. The third kappa shape index (κ3) is 1.23. The largest absolute Gasteiger partial charge is 0.347 e. The van der Waals surface area contributed by atoms with Crippen molar-refractivity contribution in [1.29, 1.82) is 0 Å². The minimum Gasteiger partial charge on any atom is -0.347 e. The standard InChI is InChI=1S/C14H18N2/c1-15-11-7-5-9-13-14(11)10-6-3-4-8-12(10)16(13)2/h3-4,6,8,11,15H,5,7,9H2,1-2H3/t11-/m0/s1. The SMILES string of the molecule is CN[C@H]1CCCc2c1c1ccccc1n2C. The molecule has 1 aromatic carbocycles. The summed E-state index contributed by atoms with van der Waals surface area (Å²) in [6.07, 6.45) is 3.78. The Hall–Kier alpha value is -1.28. The second-order valence-electron chi connectivity index (χ2n) is 4.67. The number of aromatic nitrogens is 1. The van der Waals surface area contributed by atoms with Gasteiger partial charge in [-0.05, 0) is 37.9 Å². The monoisotopic (exact) mass is 214 g/mol. The molecule has 2 nitrogen and oxygen atoms in total. The number of para-hydroxylation sites is 1. The Labute approximate surface area is 96.3 Å². The molecule has 0 fully saturated rings. The molecular weight excluding hydrogens is 196 g/mol. The summed E-state index contributed by atoms with van der Waals surface area (Å²) in [5.74, 6) is 0. The van der Waals surface area contributed by atoms with Crippen LogP contribution >= 0.6 is 0 Å². The maximum absolute atomic E-state index is 3.45. The summed E-state index contributed by atoms with van der Waals surface area (Å²) < 4.78 is 2.37. The molecular formula is C14H18N2. The van der Waals surface area contributed by atoms with Gasteiger partial charge in [0, 0.05) is 29.7 Å². The summed E-state index contributed by atoms with van der Waals surface area (Å²) in [5.41, 5.74) is 4.42. The van der Waals surface area contributed by atoms with Crippen molar-refractivity contribution in [3.63, 3.8) is 0 Å². The highest BCUT2D eigenvalue weighted by molar-refractivity contribution is 5.86. The van der Waals surface area contributed by atoms with Gasteiger partial charge in [-0.15, -0.1) is 0 Å². The fourth-order valence-electron chi connectivity index (χ4n) is 3.07. The van der Waals surface area contributed by atoms with Crippen molar-refractivity contribution in [2.24, 2.45) is 7.05 Å². The molecule has 1 aliphatic rings. The van der Waals surface area contributed by atoms with E-state index in [1.807, 2.05) is 0 Å². The van der Waals surface area contributed by atoms with Crippen molar-refractivity contribution in [3.05, 3.63) is 35.5 Å². The first kappa shape index (κ1) is 9.91. The number of nitrogens with zero attached hydrogens (tertiary/aromatic N) is 1. The molecule has 1 atom stereocenters. The molecule has 16 heavy (non-hydrogen) atoms. The lowest BCUT2D eigenvalue weighted by Gasteiger charge is -2.23. The maximum Gasteiger partial charge on any atom is 0.0483 e. The highest BCUT2D eigenvalue weighted by atomic mass is 15.0. The van der Waals surface area contributed by atoms with Crippen LogP contribution in [0.3, 0.4) is 0 Å². The van der Waals surface area contributed by atoms with Crippen molar-refractivity contribution in [2.45, 2.75) is 25.3 Å². The Morgan fingerprint density at radius 2 is 2.12 bits per heavy atom. The topological polar surface area (TPSA) is 17.0 Å². The highest BCUT2D eigenvalue weighted by Crippen LogP contribution is 2.36. The van der Waals surface area contributed by atoms with E-state index in [2.05, 4.69) is 48.2 Å². The van der Waals surface area contributed by atoms with Gasteiger partial charge in [0.1, 0.15) is 0 Å². The molecule has 1 aromatic heterocycles. The minimum atomic E-state index is 0.537. The molecule has 0 aliphatic heterocycles. The molecule has 0 spiro atoms. The number of hydrogen-bond acceptors (Lipinski definition) is 1. The van der Waals surface area contributed by atoms with E-state index >= 15 is 0 Å². The predicted octanol–water partition coefficient (Wildman–Crippen LogP) is 2.78. The first-order valence-corrected chi connectivity index (χ1v) is 6.06. The van der Waals surface area contributed by atoms with Crippen LogP contribution in [0.25, 0.3) is 10.9 Å². The van der Waals surface area contributed by atoms with Gasteiger partial charge in [-0.3, -0.25) is 0 Å². The number of aryl methyl sites for hydroxylation is 1. The van der Waals surface area contributed by atoms with Crippen LogP contribution in [0.2, 0.25) is 0 Å². The van der Waals surface area contributed by atoms with E-state index in [0.29, 0.717) is 6.04 Å². The number of rotatable bonds is 1. The molecule has 2 aromatic rings. The summed E-state index contributed by atoms with van der Waals surface area (Å²) in [6.45, 7) is 0. The first-order valence-electron chi connectivity index (χ1n) is 6.06. The number of fused-ring (bicyclic) bond motifs is 3. The predicted molar refractivity (Wildman–Crippen MR) is 67.7 cm³/mol. The van der Waals surface area contributed by atoms with Gasteiger partial charge in [-0.1, -0.05) is 18.2 Å². The number of benzene rings is 1. The van der Waals surface area contributed by atoms with Crippen molar-refractivity contribution in [3.8, 4) is 0 Å². The Bertz CT molecular complexity index is 525. The summed E-state index contributed by atoms with van der Waals surface area (Å²) in [5, 5.41) is 4.88. The van der Waals surface area contributed by atoms with Crippen molar-refractivity contribution >= 4 is 10.9 Å². The van der Waals surface area contributed by atoms with E-state index in [4.69, 9.17) is 0 Å². The van der Waals surface area contributed by atoms with E-state index in [0.717, 1.165) is 0 Å². The van der Waals surface area contributed by atoms with Gasteiger partial charge in [0.25, 0.3) is 0 Å². The summed E-state index contributed by atoms with van der Waals surface area (Å²) in [6, 6.07) is 9.28. The van der Waals surface area contributed by atoms with Crippen LogP contribution in [0.4, 0.5) is 0 Å². The van der Waals surface area contributed by atoms with Crippen LogP contribution in [0.15, 0.2) is 24.3 Å². The lowest BCUT2D eigenvalue weighted by Crippen LogP contribution is -2.21. The van der Waals surface area contributed by atoms with E-state index in [9.17, 15) is 0 Å². The highest BCUT2D eigenvalue weighted by Gasteiger charge is 2.24. The molecule has 0 saturated heterocycles. The fourth-order valence-corrected chi connectivity index (χ4v) is 3.07. The van der Waals surface area contributed by atoms with Gasteiger partial charge in [0.05, 0.1) is 0 Å². The Balaban J connectivity index is 2.34. The van der Waals surface area contributed by atoms with Gasteiger partial charge in [-0.2, -0.15) is 0 Å². The van der Waals surface area contributed by atoms with Crippen molar-refractivity contribution < 1.29 is 0 Å². The van der Waals surface area contributed by atoms with Gasteiger partial charge in [-0.25, -0.2) is 0 Å². The van der Waals surface area contributed by atoms with Gasteiger partial charge >= 0.3 is 0 Å². The Morgan fingerprint density at radius 1 is 1.31 bits per heavy atom. The molecule has 0 unspecified atom stereocenters. The van der Waals surface area contributed by atoms with E-state index in [1.165, 1.54) is 41.4 Å². The molecule has 3 rings (SSSR count). The molecule has 0 saturated carbocycles. The van der Waals surface area contributed by atoms with Crippen LogP contribution in [0.5, 0.6) is 0 Å². The Morgan fingerprint density at radius 3 is 2.94 bits per heavy atom. The molecule has 0 bridgehead atoms. The van der Waals surface area contributed by atoms with Crippen LogP contribution in [-0.4, -0.2) is 11.6 Å². The molecule has 2 heteroatoms. The lowest BCUT2D eigenvalue weighted by atomic mass is 9.91. The molecule has 0 radical (unpaired) electrons. The van der Waals surface area contributed by atoms with Crippen LogP contribution < -0.4 is 5.32 Å². The molecule has 1 heterocycles. The second kappa shape index (κ2) is 3.63. The minimum absolute atomic E-state index is 0.537. The van der Waals surface area contributed by atoms with E-state index < -0.39 is 0 Å². The maximum atomic E-state index is 3.45. The molecule has 0 amide bonds. The van der Waals surface area contributed by atoms with Crippen LogP contribution in [0.1, 0.15) is 30.1 Å². The van der Waals surface area contributed by atoms with Gasteiger partial charge in [0.15, 0.2) is 0 Å². The molecule has 1 aliphatic carbocycles. The quantitative estimate of drug-likeness (QED) is 0.772. The Kier molecular flexibility index (Phi) is 2.25. The lowest BCUT2D eigenvalue weighted by molar-refractivity contribution is 0.490. The average molecular weight is 214 g/mol. The molecule has 1 N–H and O–H groups in total. The third-order valence-corrected chi connectivity index (χ3v) is 3.87. The zero-order chi connectivity index (χ0) is 11.1. The third-order valence-electron chi connectivity index (χ3n) is 3.87.